The van der Waals surface area contributed by atoms with Crippen molar-refractivity contribution in [3.63, 3.8) is 0 Å². The Morgan fingerprint density at radius 2 is 1.50 bits per heavy atom. The number of cyclic esters (lactones) is 2. The summed E-state index contributed by atoms with van der Waals surface area (Å²) in [7, 11) is 3.44. The van der Waals surface area contributed by atoms with Crippen LogP contribution >= 0.6 is 0 Å². The zero-order chi connectivity index (χ0) is 40.9. The van der Waals surface area contributed by atoms with Crippen LogP contribution in [0.1, 0.15) is 87.0 Å². The van der Waals surface area contributed by atoms with E-state index < -0.39 is 47.2 Å². The summed E-state index contributed by atoms with van der Waals surface area (Å²) in [5.41, 5.74) is -0.0920. The number of H-pyrrole nitrogens is 1. The minimum Gasteiger partial charge on any atom is -0.457 e. The quantitative estimate of drug-likeness (QED) is 0.192. The van der Waals surface area contributed by atoms with Crippen LogP contribution in [0.15, 0.2) is 115 Å². The van der Waals surface area contributed by atoms with E-state index in [4.69, 9.17) is 14.2 Å². The molecule has 300 valence electrons. The normalized spacial score (nSPS) is 26.6. The monoisotopic (exact) mass is 766 g/mol. The first-order chi connectivity index (χ1) is 26.7. The minimum absolute atomic E-state index is 0.154. The van der Waals surface area contributed by atoms with E-state index in [0.29, 0.717) is 30.9 Å². The molecule has 3 heterocycles. The molecule has 2 aromatic heterocycles. The van der Waals surface area contributed by atoms with Crippen molar-refractivity contribution in [2.45, 2.75) is 91.3 Å². The number of nitrogens with one attached hydrogen (secondary N) is 1. The first-order valence-electron chi connectivity index (χ1n) is 19.1. The van der Waals surface area contributed by atoms with Crippen LogP contribution in [0.3, 0.4) is 0 Å². The number of fused-ring (bicyclic) bond motifs is 5. The topological polar surface area (TPSA) is 149 Å². The molecular weight excluding hydrogens is 709 g/mol. The van der Waals surface area contributed by atoms with Gasteiger partial charge in [-0.05, 0) is 25.5 Å². The average molecular weight is 767 g/mol. The van der Waals surface area contributed by atoms with Crippen molar-refractivity contribution in [1.82, 2.24) is 19.5 Å². The van der Waals surface area contributed by atoms with Gasteiger partial charge in [0.25, 0.3) is 0 Å². The summed E-state index contributed by atoms with van der Waals surface area (Å²) in [5, 5.41) is 21.9. The highest BCUT2D eigenvalue weighted by molar-refractivity contribution is 5.88. The molecule has 0 aromatic carbocycles. The van der Waals surface area contributed by atoms with Crippen molar-refractivity contribution in [2.75, 3.05) is 7.11 Å². The van der Waals surface area contributed by atoms with E-state index in [1.165, 1.54) is 6.20 Å². The van der Waals surface area contributed by atoms with Crippen LogP contribution in [-0.4, -0.2) is 79.3 Å². The molecule has 0 unspecified atom stereocenters. The van der Waals surface area contributed by atoms with Crippen molar-refractivity contribution >= 4 is 18.0 Å². The number of aliphatic hydroxyl groups is 2. The predicted molar refractivity (Wildman–Crippen MR) is 219 cm³/mol. The van der Waals surface area contributed by atoms with E-state index in [9.17, 15) is 19.8 Å². The molecule has 0 fully saturated rings. The van der Waals surface area contributed by atoms with Gasteiger partial charge in [-0.1, -0.05) is 125 Å². The summed E-state index contributed by atoms with van der Waals surface area (Å²) in [5.74, 6) is 0.163. The molecule has 0 spiro atoms. The van der Waals surface area contributed by atoms with Crippen molar-refractivity contribution in [1.29, 1.82) is 0 Å². The third-order valence-electron chi connectivity index (χ3n) is 10.3. The van der Waals surface area contributed by atoms with E-state index >= 15 is 0 Å². The van der Waals surface area contributed by atoms with Crippen molar-refractivity contribution < 1.29 is 34.0 Å². The Kier molecular flexibility index (Phi) is 15.7. The molecule has 1 aliphatic carbocycles. The molecule has 2 aliphatic rings. The third kappa shape index (κ3) is 11.9. The number of methoxy groups -OCH3 is 1. The van der Waals surface area contributed by atoms with Gasteiger partial charge in [-0.15, -0.1) is 0 Å². The van der Waals surface area contributed by atoms with Gasteiger partial charge >= 0.3 is 11.9 Å². The number of carbonyl (C=O) groups is 2. The largest absolute Gasteiger partial charge is 0.457 e. The Labute approximate surface area is 331 Å². The van der Waals surface area contributed by atoms with Gasteiger partial charge < -0.3 is 34.0 Å². The fourth-order valence-electron chi connectivity index (χ4n) is 6.11. The van der Waals surface area contributed by atoms with E-state index in [-0.39, 0.29) is 23.4 Å². The number of aromatic amines is 1. The number of imidazole rings is 2. The number of allylic oxidation sites excluding steroid dienone is 12. The first-order valence-corrected chi connectivity index (χ1v) is 19.1. The summed E-state index contributed by atoms with van der Waals surface area (Å²) in [6.07, 6.45) is 32.8. The van der Waals surface area contributed by atoms with Crippen LogP contribution in [0.4, 0.5) is 0 Å². The number of aryl methyl sites for hydroxylation is 1. The van der Waals surface area contributed by atoms with Crippen molar-refractivity contribution in [3.05, 3.63) is 138 Å². The smallest absolute Gasteiger partial charge is 0.358 e. The lowest BCUT2D eigenvalue weighted by Gasteiger charge is -2.36. The average Bonchev–Trinajstić information content (AvgIpc) is 3.53. The minimum atomic E-state index is -0.846. The maximum atomic E-state index is 13.5. The molecule has 0 amide bonds. The molecular formula is C45H58N4O7. The Bertz CT molecular complexity index is 1920. The van der Waals surface area contributed by atoms with E-state index in [2.05, 4.69) is 21.0 Å². The second-order valence-electron chi connectivity index (χ2n) is 15.2. The second-order valence-corrected chi connectivity index (χ2v) is 15.2. The Morgan fingerprint density at radius 1 is 0.875 bits per heavy atom. The number of esters is 2. The van der Waals surface area contributed by atoms with E-state index in [1.54, 1.807) is 48.3 Å². The van der Waals surface area contributed by atoms with Gasteiger partial charge in [0.05, 0.1) is 24.5 Å². The highest BCUT2D eigenvalue weighted by Gasteiger charge is 2.39. The number of rotatable bonds is 7. The highest BCUT2D eigenvalue weighted by Crippen LogP contribution is 2.35. The van der Waals surface area contributed by atoms with Crippen LogP contribution in [0.25, 0.3) is 6.08 Å². The maximum absolute atomic E-state index is 13.5. The lowest BCUT2D eigenvalue weighted by molar-refractivity contribution is -0.0461. The number of ether oxygens (including phenoxy) is 3. The molecule has 4 rings (SSSR count). The number of aliphatic hydroxyl groups excluding tert-OH is 2. The standard InChI is InChI=1S/C45H58N4O7/c1-9-19-36(50)44(3,4)38-24-15-13-11-12-14-23-33(54-8)28-41-48-35(30-49(41)7)43(53)56-39(45(5,6)37(51)20-10-2)25-18-22-32-27-31(32)21-16-17-26-40-46-29-34(47-40)42(52)55-38/h9-23,26-27,29-31,33,36-39,50-51H,24-25,28H2,1-8H3,(H,46,47)/b12-11-,15-13-,19-9+,20-10+,21-16+,22-18-,23-14+,26-17-/t31-,33-,36-,37-,38-,39-/m0/s1. The number of carbonyl (C=O) groups excluding carboxylic acids is 2. The first kappa shape index (κ1) is 43.6. The van der Waals surface area contributed by atoms with Crippen molar-refractivity contribution in [2.24, 2.45) is 23.8 Å². The lowest BCUT2D eigenvalue weighted by atomic mass is 9.79. The van der Waals surface area contributed by atoms with Gasteiger partial charge in [0.1, 0.15) is 29.6 Å². The fourth-order valence-corrected chi connectivity index (χ4v) is 6.11. The zero-order valence-electron chi connectivity index (χ0n) is 33.8. The molecule has 0 radical (unpaired) electrons. The number of hydrogen-bond acceptors (Lipinski definition) is 9. The lowest BCUT2D eigenvalue weighted by Crippen LogP contribution is -2.42. The van der Waals surface area contributed by atoms with Gasteiger partial charge in [0, 0.05) is 56.4 Å². The highest BCUT2D eigenvalue weighted by atomic mass is 16.6. The van der Waals surface area contributed by atoms with E-state index in [1.807, 2.05) is 115 Å². The van der Waals surface area contributed by atoms with Crippen LogP contribution in [0.5, 0.6) is 0 Å². The van der Waals surface area contributed by atoms with Crippen LogP contribution < -0.4 is 0 Å². The summed E-state index contributed by atoms with van der Waals surface area (Å²) in [4.78, 5) is 38.8. The SMILES string of the molecule is C/C=C/[C@H](O)C(C)(C)[C@@H]1C/C=C\C2=C[C@@H]2/C=C/C=C\c2ncc([nH]2)C(=O)O[C@H](C(C)(C)[C@@H](O)/C=C/C)C\C=C/C=C\C=C\[C@H](OC)Cc2nc(cn2C)C(=O)O1. The predicted octanol–water partition coefficient (Wildman–Crippen LogP) is 7.52. The molecule has 0 saturated carbocycles. The van der Waals surface area contributed by atoms with Gasteiger partial charge in [-0.25, -0.2) is 19.6 Å². The van der Waals surface area contributed by atoms with Crippen LogP contribution in [0.2, 0.25) is 0 Å². The maximum Gasteiger partial charge on any atom is 0.358 e. The molecule has 11 heteroatoms. The molecule has 56 heavy (non-hydrogen) atoms. The molecule has 6 atom stereocenters. The van der Waals surface area contributed by atoms with E-state index in [0.717, 1.165) is 5.57 Å². The van der Waals surface area contributed by atoms with Crippen LogP contribution in [-0.2, 0) is 27.7 Å². The second kappa shape index (κ2) is 20.2. The van der Waals surface area contributed by atoms with Gasteiger partial charge in [0.2, 0.25) is 0 Å². The Balaban J connectivity index is 1.61. The van der Waals surface area contributed by atoms with Gasteiger partial charge in [-0.3, -0.25) is 0 Å². The summed E-state index contributed by atoms with van der Waals surface area (Å²) in [6.45, 7) is 11.2. The third-order valence-corrected chi connectivity index (χ3v) is 10.3. The van der Waals surface area contributed by atoms with Gasteiger partial charge in [-0.2, -0.15) is 0 Å². The summed E-state index contributed by atoms with van der Waals surface area (Å²) >= 11 is 0. The van der Waals surface area contributed by atoms with Crippen LogP contribution in [0, 0.1) is 16.7 Å². The van der Waals surface area contributed by atoms with Crippen molar-refractivity contribution in [3.8, 4) is 0 Å². The Morgan fingerprint density at radius 3 is 2.16 bits per heavy atom. The summed E-state index contributed by atoms with van der Waals surface area (Å²) < 4.78 is 19.6. The number of nitrogens with zero attached hydrogens (tertiary/aromatic N) is 3. The molecule has 1 aliphatic heterocycles. The zero-order valence-corrected chi connectivity index (χ0v) is 33.8. The number of aromatic nitrogens is 4. The molecule has 3 N–H and O–H groups in total. The summed E-state index contributed by atoms with van der Waals surface area (Å²) in [6, 6.07) is 0. The number of hydrogen-bond donors (Lipinski definition) is 3. The fraction of sp³-hybridized carbons (Fsp3) is 0.422. The Hall–Kier alpha value is -5.10. The molecule has 2 aromatic rings. The molecule has 11 nitrogen and oxygen atoms in total. The molecule has 4 bridgehead atoms. The van der Waals surface area contributed by atoms with Gasteiger partial charge in [0.15, 0.2) is 5.69 Å². The molecule has 0 saturated heterocycles.